The monoisotopic (exact) mass is 494 g/mol. The first-order valence-corrected chi connectivity index (χ1v) is 13.9. The maximum absolute atomic E-state index is 13.3. The Morgan fingerprint density at radius 2 is 1.71 bits per heavy atom. The van der Waals surface area contributed by atoms with E-state index in [1.165, 1.54) is 16.5 Å². The van der Waals surface area contributed by atoms with Crippen molar-refractivity contribution in [3.63, 3.8) is 0 Å². The van der Waals surface area contributed by atoms with Crippen molar-refractivity contribution >= 4 is 10.0 Å². The summed E-state index contributed by atoms with van der Waals surface area (Å²) in [5.74, 6) is 0.933. The number of hydrogen-bond donors (Lipinski definition) is 0. The van der Waals surface area contributed by atoms with E-state index >= 15 is 0 Å². The molecule has 0 saturated carbocycles. The molecule has 194 valence electrons. The lowest BCUT2D eigenvalue weighted by atomic mass is 10.3. The second kappa shape index (κ2) is 19.2. The predicted molar refractivity (Wildman–Crippen MR) is 144 cm³/mol. The molecule has 1 aliphatic heterocycles. The number of sulfonamides is 1. The van der Waals surface area contributed by atoms with Crippen LogP contribution in [0.4, 0.5) is 0 Å². The maximum Gasteiger partial charge on any atom is 0.246 e. The lowest BCUT2D eigenvalue weighted by Crippen LogP contribution is -2.31. The fourth-order valence-corrected chi connectivity index (χ4v) is 4.70. The third kappa shape index (κ3) is 11.4. The normalized spacial score (nSPS) is 14.4. The summed E-state index contributed by atoms with van der Waals surface area (Å²) in [7, 11) is -1.97. The molecule has 0 bridgehead atoms. The van der Waals surface area contributed by atoms with Gasteiger partial charge in [0.05, 0.1) is 0 Å². The fourth-order valence-electron chi connectivity index (χ4n) is 3.07. The van der Waals surface area contributed by atoms with Crippen LogP contribution in [0.3, 0.4) is 0 Å². The van der Waals surface area contributed by atoms with Gasteiger partial charge in [-0.2, -0.15) is 4.31 Å². The molecule has 1 aliphatic rings. The van der Waals surface area contributed by atoms with E-state index in [1.54, 1.807) is 7.11 Å². The summed E-state index contributed by atoms with van der Waals surface area (Å²) in [6.07, 6.45) is 8.74. The highest BCUT2D eigenvalue weighted by atomic mass is 32.2. The minimum Gasteiger partial charge on any atom is -0.454 e. The highest BCUT2D eigenvalue weighted by molar-refractivity contribution is 7.93. The van der Waals surface area contributed by atoms with E-state index in [9.17, 15) is 8.42 Å². The van der Waals surface area contributed by atoms with Crippen LogP contribution in [0.5, 0.6) is 5.75 Å². The van der Waals surface area contributed by atoms with Gasteiger partial charge in [-0.15, -0.1) is 0 Å². The molecule has 1 aromatic rings. The van der Waals surface area contributed by atoms with E-state index in [1.807, 2.05) is 57.3 Å². The summed E-state index contributed by atoms with van der Waals surface area (Å²) in [4.78, 5) is 2.25. The third-order valence-corrected chi connectivity index (χ3v) is 6.90. The quantitative estimate of drug-likeness (QED) is 0.256. The first kappa shape index (κ1) is 31.9. The van der Waals surface area contributed by atoms with Crippen LogP contribution in [0.25, 0.3) is 0 Å². The second-order valence-corrected chi connectivity index (χ2v) is 9.25. The lowest BCUT2D eigenvalue weighted by Gasteiger charge is -2.23. The molecule has 2 rings (SSSR count). The number of rotatable bonds is 12. The van der Waals surface area contributed by atoms with Crippen molar-refractivity contribution in [1.29, 1.82) is 0 Å². The zero-order valence-corrected chi connectivity index (χ0v) is 22.9. The molecule has 0 aliphatic carbocycles. The van der Waals surface area contributed by atoms with Crippen LogP contribution in [-0.2, 0) is 14.8 Å². The number of allylic oxidation sites excluding steroid dienone is 2. The van der Waals surface area contributed by atoms with Crippen LogP contribution in [0.15, 0.2) is 65.9 Å². The first-order chi connectivity index (χ1) is 16.4. The van der Waals surface area contributed by atoms with Gasteiger partial charge in [-0.05, 0) is 51.3 Å². The Hall–Kier alpha value is -2.09. The smallest absolute Gasteiger partial charge is 0.246 e. The van der Waals surface area contributed by atoms with E-state index in [4.69, 9.17) is 4.74 Å². The van der Waals surface area contributed by atoms with E-state index in [0.717, 1.165) is 45.4 Å². The van der Waals surface area contributed by atoms with E-state index in [-0.39, 0.29) is 4.91 Å². The number of hydrogen-bond acceptors (Lipinski definition) is 5. The molecular formula is C27H46N2O4S. The number of ether oxygens (including phenoxy) is 2. The minimum atomic E-state index is -3.65. The van der Waals surface area contributed by atoms with Gasteiger partial charge in [-0.1, -0.05) is 58.0 Å². The average Bonchev–Trinajstić information content (AvgIpc) is 3.42. The molecule has 0 radical (unpaired) electrons. The second-order valence-electron chi connectivity index (χ2n) is 7.35. The lowest BCUT2D eigenvalue weighted by molar-refractivity contribution is 0.215. The SMILES string of the molecule is C=C/C=C(\C(=C\N(CC)CCCC)Oc1ccccc1)S(=O)(=O)N1CCCC1.CC.CCOC. The minimum absolute atomic E-state index is 0.156. The molecule has 1 aromatic carbocycles. The summed E-state index contributed by atoms with van der Waals surface area (Å²) in [5.41, 5.74) is 0. The Morgan fingerprint density at radius 1 is 1.12 bits per heavy atom. The molecule has 0 atom stereocenters. The van der Waals surface area contributed by atoms with Crippen molar-refractivity contribution in [3.8, 4) is 5.75 Å². The fraction of sp³-hybridized carbons (Fsp3) is 0.556. The zero-order chi connectivity index (χ0) is 25.8. The Kier molecular flexibility index (Phi) is 18.1. The molecule has 1 heterocycles. The molecule has 7 heteroatoms. The average molecular weight is 495 g/mol. The molecular weight excluding hydrogens is 448 g/mol. The Morgan fingerprint density at radius 3 is 2.18 bits per heavy atom. The first-order valence-electron chi connectivity index (χ1n) is 12.4. The molecule has 0 unspecified atom stereocenters. The summed E-state index contributed by atoms with van der Waals surface area (Å²) in [6.45, 7) is 17.4. The molecule has 0 spiro atoms. The molecule has 6 nitrogen and oxygen atoms in total. The van der Waals surface area contributed by atoms with Gasteiger partial charge in [0.2, 0.25) is 10.0 Å². The van der Waals surface area contributed by atoms with Crippen molar-refractivity contribution < 1.29 is 17.9 Å². The van der Waals surface area contributed by atoms with Gasteiger partial charge in [0.1, 0.15) is 10.7 Å². The predicted octanol–water partition coefficient (Wildman–Crippen LogP) is 6.20. The van der Waals surface area contributed by atoms with E-state index in [0.29, 0.717) is 24.6 Å². The van der Waals surface area contributed by atoms with Crippen molar-refractivity contribution in [2.45, 2.75) is 60.3 Å². The van der Waals surface area contributed by atoms with Gasteiger partial charge >= 0.3 is 0 Å². The van der Waals surface area contributed by atoms with Gasteiger partial charge in [0.25, 0.3) is 0 Å². The number of nitrogens with zero attached hydrogens (tertiary/aromatic N) is 2. The standard InChI is InChI=1S/C22H32N2O3S.C3H8O.C2H6/c1-4-7-16-23(6-3)19-21(27-20-14-9-8-10-15-20)22(13-5-2)28(25,26)24-17-11-12-18-24;1-3-4-2;1-2/h5,8-10,13-15,19H,2,4,6-7,11-12,16-18H2,1,3H3;3H2,1-2H3;1-2H3/b21-19-,22-13+;;. The molecule has 0 amide bonds. The number of unbranched alkanes of at least 4 members (excludes halogenated alkanes) is 1. The Bertz CT molecular complexity index is 812. The van der Waals surface area contributed by atoms with E-state index in [2.05, 4.69) is 30.1 Å². The number of para-hydroxylation sites is 1. The molecule has 0 aromatic heterocycles. The Balaban J connectivity index is 0.00000164. The summed E-state index contributed by atoms with van der Waals surface area (Å²) < 4.78 is 38.8. The molecule has 1 fully saturated rings. The van der Waals surface area contributed by atoms with Crippen molar-refractivity contribution in [2.75, 3.05) is 39.9 Å². The van der Waals surface area contributed by atoms with Gasteiger partial charge in [0.15, 0.2) is 5.76 Å². The van der Waals surface area contributed by atoms with Crippen LogP contribution in [0, 0.1) is 0 Å². The van der Waals surface area contributed by atoms with Crippen LogP contribution >= 0.6 is 0 Å². The number of benzene rings is 1. The van der Waals surface area contributed by atoms with Crippen molar-refractivity contribution in [2.24, 2.45) is 0 Å². The zero-order valence-electron chi connectivity index (χ0n) is 22.1. The van der Waals surface area contributed by atoms with Gasteiger partial charge in [0, 0.05) is 46.1 Å². The summed E-state index contributed by atoms with van der Waals surface area (Å²) in [5, 5.41) is 0. The summed E-state index contributed by atoms with van der Waals surface area (Å²) in [6, 6.07) is 9.28. The third-order valence-electron chi connectivity index (χ3n) is 4.96. The topological polar surface area (TPSA) is 59.1 Å². The molecule has 34 heavy (non-hydrogen) atoms. The van der Waals surface area contributed by atoms with Gasteiger partial charge < -0.3 is 14.4 Å². The van der Waals surface area contributed by atoms with Crippen molar-refractivity contribution in [1.82, 2.24) is 9.21 Å². The van der Waals surface area contributed by atoms with Crippen LogP contribution in [0.1, 0.15) is 60.3 Å². The molecule has 0 N–H and O–H groups in total. The highest BCUT2D eigenvalue weighted by Gasteiger charge is 2.32. The summed E-state index contributed by atoms with van der Waals surface area (Å²) >= 11 is 0. The largest absolute Gasteiger partial charge is 0.454 e. The maximum atomic E-state index is 13.3. The highest BCUT2D eigenvalue weighted by Crippen LogP contribution is 2.28. The van der Waals surface area contributed by atoms with Crippen LogP contribution in [0.2, 0.25) is 0 Å². The Labute approximate surface area is 209 Å². The molecule has 1 saturated heterocycles. The van der Waals surface area contributed by atoms with Crippen molar-refractivity contribution in [3.05, 3.63) is 65.9 Å². The van der Waals surface area contributed by atoms with Gasteiger partial charge in [-0.25, -0.2) is 8.42 Å². The van der Waals surface area contributed by atoms with Crippen LogP contribution in [-0.4, -0.2) is 57.5 Å². The number of methoxy groups -OCH3 is 1. The van der Waals surface area contributed by atoms with Gasteiger partial charge in [-0.3, -0.25) is 0 Å². The van der Waals surface area contributed by atoms with E-state index < -0.39 is 10.0 Å². The van der Waals surface area contributed by atoms with Crippen LogP contribution < -0.4 is 4.74 Å².